The van der Waals surface area contributed by atoms with Gasteiger partial charge < -0.3 is 10.5 Å². The van der Waals surface area contributed by atoms with Gasteiger partial charge >= 0.3 is 0 Å². The predicted molar refractivity (Wildman–Crippen MR) is 103 cm³/mol. The fourth-order valence-corrected chi connectivity index (χ4v) is 4.80. The molecule has 0 unspecified atom stereocenters. The van der Waals surface area contributed by atoms with Crippen molar-refractivity contribution in [3.63, 3.8) is 0 Å². The molecule has 1 fully saturated rings. The molecular weight excluding hydrogens is 360 g/mol. The molecule has 0 saturated heterocycles. The maximum absolute atomic E-state index is 12.9. The van der Waals surface area contributed by atoms with Gasteiger partial charge in [0.15, 0.2) is 0 Å². The Labute approximate surface area is 155 Å². The van der Waals surface area contributed by atoms with Crippen LogP contribution >= 0.6 is 12.4 Å². The molecule has 2 aromatic carbocycles. The lowest BCUT2D eigenvalue weighted by Crippen LogP contribution is -2.40. The molecule has 0 heterocycles. The SMILES string of the molecule is CCOc1ccc(S(=O)(=O)NC2CCC(N)CC2)c2ccccc12.Cl. The van der Waals surface area contributed by atoms with Crippen molar-refractivity contribution in [2.75, 3.05) is 6.61 Å². The highest BCUT2D eigenvalue weighted by Gasteiger charge is 2.26. The number of nitrogens with two attached hydrogens (primary N) is 1. The van der Waals surface area contributed by atoms with E-state index in [-0.39, 0.29) is 24.5 Å². The van der Waals surface area contributed by atoms with Crippen molar-refractivity contribution in [3.05, 3.63) is 36.4 Å². The zero-order valence-electron chi connectivity index (χ0n) is 14.3. The van der Waals surface area contributed by atoms with Gasteiger partial charge in [-0.05, 0) is 44.7 Å². The number of hydrogen-bond donors (Lipinski definition) is 2. The van der Waals surface area contributed by atoms with E-state index in [1.165, 1.54) is 0 Å². The van der Waals surface area contributed by atoms with Gasteiger partial charge in [-0.2, -0.15) is 0 Å². The summed E-state index contributed by atoms with van der Waals surface area (Å²) in [6.45, 7) is 2.45. The third kappa shape index (κ3) is 4.44. The van der Waals surface area contributed by atoms with Crippen LogP contribution in [-0.4, -0.2) is 27.1 Å². The topological polar surface area (TPSA) is 81.4 Å². The van der Waals surface area contributed by atoms with E-state index in [9.17, 15) is 8.42 Å². The van der Waals surface area contributed by atoms with Crippen molar-refractivity contribution in [2.45, 2.75) is 49.6 Å². The molecule has 0 spiro atoms. The molecule has 0 amide bonds. The summed E-state index contributed by atoms with van der Waals surface area (Å²) in [6.07, 6.45) is 3.29. The number of rotatable bonds is 5. The summed E-state index contributed by atoms with van der Waals surface area (Å²) in [6, 6.07) is 11.0. The molecule has 0 radical (unpaired) electrons. The largest absolute Gasteiger partial charge is 0.493 e. The molecule has 5 nitrogen and oxygen atoms in total. The minimum absolute atomic E-state index is 0. The van der Waals surface area contributed by atoms with Crippen LogP contribution in [0.1, 0.15) is 32.6 Å². The highest BCUT2D eigenvalue weighted by atomic mass is 35.5. The summed E-state index contributed by atoms with van der Waals surface area (Å²) < 4.78 is 34.2. The van der Waals surface area contributed by atoms with E-state index in [0.717, 1.165) is 31.1 Å². The lowest BCUT2D eigenvalue weighted by Gasteiger charge is -2.26. The predicted octanol–water partition coefficient (Wildman–Crippen LogP) is 3.21. The van der Waals surface area contributed by atoms with Crippen molar-refractivity contribution < 1.29 is 13.2 Å². The molecule has 25 heavy (non-hydrogen) atoms. The molecule has 0 aromatic heterocycles. The number of fused-ring (bicyclic) bond motifs is 1. The molecule has 0 atom stereocenters. The standard InChI is InChI=1S/C18H24N2O3S.ClH/c1-2-23-17-11-12-18(16-6-4-3-5-15(16)17)24(21,22)20-14-9-7-13(19)8-10-14;/h3-6,11-14,20H,2,7-10,19H2,1H3;1H. The zero-order chi connectivity index (χ0) is 17.2. The van der Waals surface area contributed by atoms with Crippen molar-refractivity contribution in [1.29, 1.82) is 0 Å². The highest BCUT2D eigenvalue weighted by molar-refractivity contribution is 7.89. The lowest BCUT2D eigenvalue weighted by atomic mass is 9.93. The normalized spacial score (nSPS) is 20.9. The Bertz CT molecular complexity index is 818. The first-order chi connectivity index (χ1) is 11.5. The second kappa shape index (κ2) is 8.36. The van der Waals surface area contributed by atoms with E-state index in [1.807, 2.05) is 31.2 Å². The molecule has 3 N–H and O–H groups in total. The van der Waals surface area contributed by atoms with E-state index < -0.39 is 10.0 Å². The van der Waals surface area contributed by atoms with Gasteiger partial charge in [-0.3, -0.25) is 0 Å². The maximum atomic E-state index is 12.9. The Balaban J connectivity index is 0.00000225. The molecule has 2 aromatic rings. The molecule has 1 aliphatic rings. The summed E-state index contributed by atoms with van der Waals surface area (Å²) in [4.78, 5) is 0.302. The molecule has 1 saturated carbocycles. The van der Waals surface area contributed by atoms with Crippen LogP contribution in [0.5, 0.6) is 5.75 Å². The molecule has 138 valence electrons. The van der Waals surface area contributed by atoms with E-state index in [4.69, 9.17) is 10.5 Å². The summed E-state index contributed by atoms with van der Waals surface area (Å²) in [5.41, 5.74) is 5.90. The number of sulfonamides is 1. The smallest absolute Gasteiger partial charge is 0.241 e. The Kier molecular flexibility index (Phi) is 6.68. The first-order valence-corrected chi connectivity index (χ1v) is 9.92. The Hall–Kier alpha value is -1.34. The van der Waals surface area contributed by atoms with Crippen LogP contribution in [0.3, 0.4) is 0 Å². The fourth-order valence-electron chi connectivity index (χ4n) is 3.28. The number of halogens is 1. The molecular formula is C18H25ClN2O3S. The van der Waals surface area contributed by atoms with Crippen LogP contribution in [0, 0.1) is 0 Å². The minimum atomic E-state index is -3.58. The van der Waals surface area contributed by atoms with Crippen molar-refractivity contribution in [3.8, 4) is 5.75 Å². The van der Waals surface area contributed by atoms with Gasteiger partial charge in [0.25, 0.3) is 0 Å². The van der Waals surface area contributed by atoms with Gasteiger partial charge in [-0.15, -0.1) is 12.4 Å². The van der Waals surface area contributed by atoms with Crippen LogP contribution < -0.4 is 15.2 Å². The molecule has 7 heteroatoms. The molecule has 0 bridgehead atoms. The van der Waals surface area contributed by atoms with Gasteiger partial charge in [0.05, 0.1) is 11.5 Å². The Morgan fingerprint density at radius 2 is 1.72 bits per heavy atom. The van der Waals surface area contributed by atoms with E-state index in [1.54, 1.807) is 12.1 Å². The zero-order valence-corrected chi connectivity index (χ0v) is 15.9. The van der Waals surface area contributed by atoms with Crippen LogP contribution in [0.2, 0.25) is 0 Å². The summed E-state index contributed by atoms with van der Waals surface area (Å²) >= 11 is 0. The first-order valence-electron chi connectivity index (χ1n) is 8.43. The Morgan fingerprint density at radius 3 is 2.36 bits per heavy atom. The lowest BCUT2D eigenvalue weighted by molar-refractivity contribution is 0.344. The van der Waals surface area contributed by atoms with Gasteiger partial charge in [-0.1, -0.05) is 24.3 Å². The van der Waals surface area contributed by atoms with E-state index in [0.29, 0.717) is 22.6 Å². The average Bonchev–Trinajstić information content (AvgIpc) is 2.57. The van der Waals surface area contributed by atoms with Gasteiger partial charge in [0, 0.05) is 22.9 Å². The molecule has 3 rings (SSSR count). The van der Waals surface area contributed by atoms with Crippen molar-refractivity contribution in [2.24, 2.45) is 5.73 Å². The summed E-state index contributed by atoms with van der Waals surface area (Å²) in [5.74, 6) is 0.704. The van der Waals surface area contributed by atoms with Gasteiger partial charge in [-0.25, -0.2) is 13.1 Å². The Morgan fingerprint density at radius 1 is 1.08 bits per heavy atom. The first kappa shape index (κ1) is 20.0. The minimum Gasteiger partial charge on any atom is -0.493 e. The number of hydrogen-bond acceptors (Lipinski definition) is 4. The van der Waals surface area contributed by atoms with Crippen molar-refractivity contribution in [1.82, 2.24) is 4.72 Å². The van der Waals surface area contributed by atoms with Crippen LogP contribution in [-0.2, 0) is 10.0 Å². The average molecular weight is 385 g/mol. The van der Waals surface area contributed by atoms with Crippen LogP contribution in [0.25, 0.3) is 10.8 Å². The quantitative estimate of drug-likeness (QED) is 0.829. The van der Waals surface area contributed by atoms with Gasteiger partial charge in [0.2, 0.25) is 10.0 Å². The van der Waals surface area contributed by atoms with E-state index in [2.05, 4.69) is 4.72 Å². The maximum Gasteiger partial charge on any atom is 0.241 e. The fraction of sp³-hybridized carbons (Fsp3) is 0.444. The van der Waals surface area contributed by atoms with E-state index >= 15 is 0 Å². The second-order valence-electron chi connectivity index (χ2n) is 6.27. The summed E-state index contributed by atoms with van der Waals surface area (Å²) in [5, 5.41) is 1.50. The van der Waals surface area contributed by atoms with Gasteiger partial charge in [0.1, 0.15) is 5.75 Å². The van der Waals surface area contributed by atoms with Crippen molar-refractivity contribution >= 4 is 33.2 Å². The number of ether oxygens (including phenoxy) is 1. The number of nitrogens with one attached hydrogen (secondary N) is 1. The molecule has 0 aliphatic heterocycles. The van der Waals surface area contributed by atoms with Crippen LogP contribution in [0.15, 0.2) is 41.3 Å². The second-order valence-corrected chi connectivity index (χ2v) is 7.96. The third-order valence-corrected chi connectivity index (χ3v) is 6.11. The highest BCUT2D eigenvalue weighted by Crippen LogP contribution is 2.31. The van der Waals surface area contributed by atoms with Crippen LogP contribution in [0.4, 0.5) is 0 Å². The monoisotopic (exact) mass is 384 g/mol. The third-order valence-electron chi connectivity index (χ3n) is 4.53. The molecule has 1 aliphatic carbocycles. The number of benzene rings is 2. The summed E-state index contributed by atoms with van der Waals surface area (Å²) in [7, 11) is -3.58.